The molecule has 3 heterocycles. The predicted molar refractivity (Wildman–Crippen MR) is 78.8 cm³/mol. The Morgan fingerprint density at radius 1 is 1.15 bits per heavy atom. The van der Waals surface area contributed by atoms with Crippen LogP contribution in [0, 0.1) is 0 Å². The lowest BCUT2D eigenvalue weighted by Gasteiger charge is -2.27. The number of aromatic nitrogens is 2. The molecular weight excluding hydrogens is 250 g/mol. The molecule has 4 nitrogen and oxygen atoms in total. The molecule has 4 rings (SSSR count). The van der Waals surface area contributed by atoms with E-state index >= 15 is 0 Å². The van der Waals surface area contributed by atoms with Crippen LogP contribution in [-0.4, -0.2) is 29.2 Å². The quantitative estimate of drug-likeness (QED) is 0.913. The zero-order chi connectivity index (χ0) is 13.4. The minimum Gasteiger partial charge on any atom is -0.370 e. The van der Waals surface area contributed by atoms with Crippen LogP contribution >= 0.6 is 0 Å². The first-order valence-corrected chi connectivity index (χ1v) is 7.72. The molecule has 1 aromatic carbocycles. The maximum Gasteiger partial charge on any atom is 0.139 e. The van der Waals surface area contributed by atoms with Gasteiger partial charge in [0.2, 0.25) is 0 Å². The first kappa shape index (κ1) is 12.4. The number of benzene rings is 1. The van der Waals surface area contributed by atoms with Gasteiger partial charge in [-0.05, 0) is 50.9 Å². The van der Waals surface area contributed by atoms with Crippen molar-refractivity contribution in [3.05, 3.63) is 30.1 Å². The van der Waals surface area contributed by atoms with Crippen molar-refractivity contribution in [1.82, 2.24) is 14.9 Å². The van der Waals surface area contributed by atoms with Crippen molar-refractivity contribution in [2.45, 2.75) is 37.8 Å². The molecule has 1 aromatic heterocycles. The van der Waals surface area contributed by atoms with Gasteiger partial charge in [0, 0.05) is 12.6 Å². The van der Waals surface area contributed by atoms with Crippen LogP contribution in [0.25, 0.3) is 11.0 Å². The average Bonchev–Trinajstić information content (AvgIpc) is 3.15. The fraction of sp³-hybridized carbons (Fsp3) is 0.562. The molecule has 0 saturated carbocycles. The van der Waals surface area contributed by atoms with Gasteiger partial charge in [-0.2, -0.15) is 0 Å². The Morgan fingerprint density at radius 3 is 2.80 bits per heavy atom. The van der Waals surface area contributed by atoms with Crippen molar-refractivity contribution in [2.24, 2.45) is 0 Å². The molecule has 2 fully saturated rings. The monoisotopic (exact) mass is 271 g/mol. The molecule has 2 saturated heterocycles. The lowest BCUT2D eigenvalue weighted by atomic mass is 10.1. The fourth-order valence-electron chi connectivity index (χ4n) is 3.52. The Labute approximate surface area is 119 Å². The SMILES string of the molecule is c1ccc2c(c1)nc(C1CCCO1)n2C1CCNCC1. The van der Waals surface area contributed by atoms with Gasteiger partial charge in [-0.1, -0.05) is 12.1 Å². The van der Waals surface area contributed by atoms with Crippen LogP contribution in [0.1, 0.15) is 43.7 Å². The van der Waals surface area contributed by atoms with Gasteiger partial charge in [0.25, 0.3) is 0 Å². The fourth-order valence-corrected chi connectivity index (χ4v) is 3.52. The van der Waals surface area contributed by atoms with Gasteiger partial charge in [-0.25, -0.2) is 4.98 Å². The Kier molecular flexibility index (Phi) is 3.20. The zero-order valence-corrected chi connectivity index (χ0v) is 11.7. The summed E-state index contributed by atoms with van der Waals surface area (Å²) >= 11 is 0. The number of hydrogen-bond donors (Lipinski definition) is 1. The Morgan fingerprint density at radius 2 is 2.00 bits per heavy atom. The van der Waals surface area contributed by atoms with Crippen molar-refractivity contribution in [3.63, 3.8) is 0 Å². The van der Waals surface area contributed by atoms with Gasteiger partial charge in [0.15, 0.2) is 0 Å². The van der Waals surface area contributed by atoms with E-state index < -0.39 is 0 Å². The number of imidazole rings is 1. The Hall–Kier alpha value is -1.39. The highest BCUT2D eigenvalue weighted by Gasteiger charge is 2.28. The summed E-state index contributed by atoms with van der Waals surface area (Å²) in [5, 5.41) is 3.45. The topological polar surface area (TPSA) is 39.1 Å². The molecule has 1 N–H and O–H groups in total. The molecule has 20 heavy (non-hydrogen) atoms. The van der Waals surface area contributed by atoms with E-state index in [0.717, 1.165) is 43.9 Å². The van der Waals surface area contributed by atoms with Gasteiger partial charge >= 0.3 is 0 Å². The lowest BCUT2D eigenvalue weighted by molar-refractivity contribution is 0.0998. The number of hydrogen-bond acceptors (Lipinski definition) is 3. The maximum atomic E-state index is 5.90. The van der Waals surface area contributed by atoms with Gasteiger partial charge in [-0.15, -0.1) is 0 Å². The third kappa shape index (κ3) is 2.03. The summed E-state index contributed by atoms with van der Waals surface area (Å²) in [5.41, 5.74) is 2.38. The molecule has 106 valence electrons. The predicted octanol–water partition coefficient (Wildman–Crippen LogP) is 2.81. The minimum absolute atomic E-state index is 0.192. The second kappa shape index (κ2) is 5.19. The van der Waals surface area contributed by atoms with Crippen LogP contribution in [0.4, 0.5) is 0 Å². The van der Waals surface area contributed by atoms with Gasteiger partial charge in [0.1, 0.15) is 11.9 Å². The van der Waals surface area contributed by atoms with Crippen molar-refractivity contribution >= 4 is 11.0 Å². The smallest absolute Gasteiger partial charge is 0.139 e. The summed E-state index contributed by atoms with van der Waals surface area (Å²) in [6.45, 7) is 3.07. The number of rotatable bonds is 2. The third-order valence-corrected chi connectivity index (χ3v) is 4.51. The summed E-state index contributed by atoms with van der Waals surface area (Å²) in [6, 6.07) is 9.05. The van der Waals surface area contributed by atoms with E-state index in [-0.39, 0.29) is 6.10 Å². The van der Waals surface area contributed by atoms with Crippen LogP contribution in [0.5, 0.6) is 0 Å². The molecule has 2 aliphatic heterocycles. The molecule has 0 radical (unpaired) electrons. The van der Waals surface area contributed by atoms with Crippen LogP contribution < -0.4 is 5.32 Å². The number of para-hydroxylation sites is 2. The third-order valence-electron chi connectivity index (χ3n) is 4.51. The molecule has 2 aromatic rings. The van der Waals surface area contributed by atoms with Gasteiger partial charge in [0.05, 0.1) is 11.0 Å². The Bertz CT molecular complexity index is 595. The lowest BCUT2D eigenvalue weighted by Crippen LogP contribution is -2.30. The van der Waals surface area contributed by atoms with E-state index in [1.54, 1.807) is 0 Å². The molecule has 1 unspecified atom stereocenters. The summed E-state index contributed by atoms with van der Waals surface area (Å²) < 4.78 is 8.37. The Balaban J connectivity index is 1.83. The molecule has 4 heteroatoms. The van der Waals surface area contributed by atoms with E-state index in [0.29, 0.717) is 6.04 Å². The molecule has 0 aliphatic carbocycles. The number of piperidine rings is 1. The van der Waals surface area contributed by atoms with Crippen molar-refractivity contribution < 1.29 is 4.74 Å². The summed E-state index contributed by atoms with van der Waals surface area (Å²) in [6.07, 6.45) is 4.81. The van der Waals surface area contributed by atoms with E-state index in [9.17, 15) is 0 Å². The maximum absolute atomic E-state index is 5.90. The molecule has 1 atom stereocenters. The standard InChI is InChI=1S/C16H21N3O/c1-2-5-14-13(4-1)18-16(15-6-3-11-20-15)19(14)12-7-9-17-10-8-12/h1-2,4-5,12,15,17H,3,6-11H2. The molecule has 0 spiro atoms. The highest BCUT2D eigenvalue weighted by molar-refractivity contribution is 5.76. The van der Waals surface area contributed by atoms with E-state index in [1.165, 1.54) is 18.4 Å². The van der Waals surface area contributed by atoms with Crippen LogP contribution in [0.2, 0.25) is 0 Å². The van der Waals surface area contributed by atoms with Crippen molar-refractivity contribution in [3.8, 4) is 0 Å². The first-order chi connectivity index (χ1) is 9.93. The number of nitrogens with one attached hydrogen (secondary N) is 1. The average molecular weight is 271 g/mol. The first-order valence-electron chi connectivity index (χ1n) is 7.72. The summed E-state index contributed by atoms with van der Waals surface area (Å²) in [4.78, 5) is 4.89. The van der Waals surface area contributed by atoms with Gasteiger partial charge in [-0.3, -0.25) is 0 Å². The summed E-state index contributed by atoms with van der Waals surface area (Å²) in [7, 11) is 0. The second-order valence-corrected chi connectivity index (χ2v) is 5.81. The van der Waals surface area contributed by atoms with E-state index in [1.807, 2.05) is 0 Å². The largest absolute Gasteiger partial charge is 0.370 e. The van der Waals surface area contributed by atoms with Crippen molar-refractivity contribution in [2.75, 3.05) is 19.7 Å². The minimum atomic E-state index is 0.192. The summed E-state index contributed by atoms with van der Waals surface area (Å²) in [5.74, 6) is 1.15. The molecule has 0 amide bonds. The van der Waals surface area contributed by atoms with Crippen LogP contribution in [0.15, 0.2) is 24.3 Å². The van der Waals surface area contributed by atoms with Crippen LogP contribution in [0.3, 0.4) is 0 Å². The van der Waals surface area contributed by atoms with E-state index in [4.69, 9.17) is 9.72 Å². The number of ether oxygens (including phenoxy) is 1. The normalized spacial score (nSPS) is 24.5. The zero-order valence-electron chi connectivity index (χ0n) is 11.7. The van der Waals surface area contributed by atoms with Crippen molar-refractivity contribution in [1.29, 1.82) is 0 Å². The number of nitrogens with zero attached hydrogens (tertiary/aromatic N) is 2. The molecular formula is C16H21N3O. The van der Waals surface area contributed by atoms with Gasteiger partial charge < -0.3 is 14.6 Å². The van der Waals surface area contributed by atoms with E-state index in [2.05, 4.69) is 34.1 Å². The van der Waals surface area contributed by atoms with Crippen LogP contribution in [-0.2, 0) is 4.74 Å². The number of fused-ring (bicyclic) bond motifs is 1. The molecule has 0 bridgehead atoms. The highest BCUT2D eigenvalue weighted by atomic mass is 16.5. The highest BCUT2D eigenvalue weighted by Crippen LogP contribution is 2.34. The molecule has 2 aliphatic rings. The second-order valence-electron chi connectivity index (χ2n) is 5.81.